The number of nitrogens with one attached hydrogen (secondary N) is 1. The van der Waals surface area contributed by atoms with Crippen LogP contribution in [-0.2, 0) is 6.42 Å². The van der Waals surface area contributed by atoms with Gasteiger partial charge < -0.3 is 14.5 Å². The summed E-state index contributed by atoms with van der Waals surface area (Å²) in [7, 11) is 1.60. The van der Waals surface area contributed by atoms with Gasteiger partial charge in [0.05, 0.1) is 13.4 Å². The third-order valence-corrected chi connectivity index (χ3v) is 2.52. The Bertz CT molecular complexity index is 465. The predicted molar refractivity (Wildman–Crippen MR) is 62.8 cm³/mol. The number of methoxy groups -OCH3 is 1. The highest BCUT2D eigenvalue weighted by molar-refractivity contribution is 5.78. The number of ether oxygens (including phenoxy) is 1. The van der Waals surface area contributed by atoms with Crippen LogP contribution in [0.15, 0.2) is 22.8 Å². The Morgan fingerprint density at radius 2 is 2.31 bits per heavy atom. The van der Waals surface area contributed by atoms with Gasteiger partial charge in [-0.25, -0.2) is 0 Å². The number of rotatable bonds is 5. The van der Waals surface area contributed by atoms with Gasteiger partial charge in [0.1, 0.15) is 0 Å². The second-order valence-electron chi connectivity index (χ2n) is 3.57. The minimum absolute atomic E-state index is 0.583. The zero-order chi connectivity index (χ0) is 11.4. The van der Waals surface area contributed by atoms with Crippen LogP contribution in [-0.4, -0.2) is 25.2 Å². The van der Waals surface area contributed by atoms with E-state index in [1.807, 2.05) is 12.1 Å². The molecule has 1 N–H and O–H groups in total. The van der Waals surface area contributed by atoms with Gasteiger partial charge in [0.2, 0.25) is 11.6 Å². The summed E-state index contributed by atoms with van der Waals surface area (Å²) in [4.78, 5) is 4.23. The number of hydrogen-bond acceptors (Lipinski definition) is 4. The first-order chi connectivity index (χ1) is 7.85. The highest BCUT2D eigenvalue weighted by atomic mass is 16.5. The molecule has 0 unspecified atom stereocenters. The van der Waals surface area contributed by atoms with Crippen molar-refractivity contribution in [2.24, 2.45) is 0 Å². The molecule has 0 spiro atoms. The van der Waals surface area contributed by atoms with Crippen molar-refractivity contribution in [3.8, 4) is 5.88 Å². The van der Waals surface area contributed by atoms with Crippen molar-refractivity contribution in [1.82, 2.24) is 10.3 Å². The molecule has 0 bridgehead atoms. The molecule has 2 aromatic rings. The van der Waals surface area contributed by atoms with Crippen molar-refractivity contribution >= 4 is 11.1 Å². The zero-order valence-electron chi connectivity index (χ0n) is 9.62. The van der Waals surface area contributed by atoms with Gasteiger partial charge in [0.25, 0.3) is 0 Å². The third kappa shape index (κ3) is 2.17. The number of pyridine rings is 1. The lowest BCUT2D eigenvalue weighted by atomic mass is 10.1. The topological polar surface area (TPSA) is 47.3 Å². The molecule has 2 rings (SSSR count). The molecule has 4 heteroatoms. The lowest BCUT2D eigenvalue weighted by Gasteiger charge is -2.00. The Morgan fingerprint density at radius 3 is 3.06 bits per heavy atom. The maximum absolute atomic E-state index is 5.40. The van der Waals surface area contributed by atoms with Gasteiger partial charge in [0, 0.05) is 17.0 Å². The van der Waals surface area contributed by atoms with Gasteiger partial charge in [-0.15, -0.1) is 0 Å². The molecule has 86 valence electrons. The summed E-state index contributed by atoms with van der Waals surface area (Å²) in [6, 6.07) is 3.85. The summed E-state index contributed by atoms with van der Waals surface area (Å²) in [5.74, 6) is 0.583. The molecule has 0 fully saturated rings. The lowest BCUT2D eigenvalue weighted by molar-refractivity contribution is 0.397. The third-order valence-electron chi connectivity index (χ3n) is 2.52. The molecule has 0 aliphatic rings. The molecular formula is C12H16N2O2. The fraction of sp³-hybridized carbons (Fsp3) is 0.417. The van der Waals surface area contributed by atoms with Crippen LogP contribution in [0.5, 0.6) is 5.88 Å². The largest absolute Gasteiger partial charge is 0.481 e. The molecule has 2 aromatic heterocycles. The lowest BCUT2D eigenvalue weighted by Crippen LogP contribution is -2.15. The van der Waals surface area contributed by atoms with E-state index in [0.717, 1.165) is 24.9 Å². The van der Waals surface area contributed by atoms with E-state index in [2.05, 4.69) is 17.2 Å². The van der Waals surface area contributed by atoms with E-state index in [0.29, 0.717) is 11.6 Å². The second kappa shape index (κ2) is 4.99. The first-order valence-corrected chi connectivity index (χ1v) is 5.47. The molecule has 0 atom stereocenters. The van der Waals surface area contributed by atoms with E-state index in [9.17, 15) is 0 Å². The van der Waals surface area contributed by atoms with Crippen LogP contribution in [0.2, 0.25) is 0 Å². The Morgan fingerprint density at radius 1 is 1.44 bits per heavy atom. The Kier molecular flexibility index (Phi) is 3.41. The smallest absolute Gasteiger partial charge is 0.229 e. The fourth-order valence-corrected chi connectivity index (χ4v) is 1.66. The van der Waals surface area contributed by atoms with Crippen LogP contribution < -0.4 is 10.1 Å². The molecular weight excluding hydrogens is 204 g/mol. The highest BCUT2D eigenvalue weighted by Gasteiger charge is 2.07. The van der Waals surface area contributed by atoms with Crippen molar-refractivity contribution < 1.29 is 9.15 Å². The molecule has 0 saturated carbocycles. The van der Waals surface area contributed by atoms with Crippen molar-refractivity contribution in [3.05, 3.63) is 24.0 Å². The quantitative estimate of drug-likeness (QED) is 0.783. The standard InChI is InChI=1S/C12H16N2O2/c1-3-13-7-6-9-8-16-12-10(9)4-5-11(14-12)15-2/h4-5,8,13H,3,6-7H2,1-2H3. The van der Waals surface area contributed by atoms with E-state index in [1.54, 1.807) is 13.4 Å². The Balaban J connectivity index is 2.20. The zero-order valence-corrected chi connectivity index (χ0v) is 9.62. The fourth-order valence-electron chi connectivity index (χ4n) is 1.66. The maximum Gasteiger partial charge on any atom is 0.229 e. The first-order valence-electron chi connectivity index (χ1n) is 5.47. The van der Waals surface area contributed by atoms with Gasteiger partial charge in [-0.1, -0.05) is 6.92 Å². The van der Waals surface area contributed by atoms with E-state index in [1.165, 1.54) is 5.56 Å². The van der Waals surface area contributed by atoms with Crippen LogP contribution in [0.25, 0.3) is 11.1 Å². The van der Waals surface area contributed by atoms with Gasteiger partial charge in [-0.05, 0) is 25.6 Å². The minimum Gasteiger partial charge on any atom is -0.481 e. The molecule has 4 nitrogen and oxygen atoms in total. The van der Waals surface area contributed by atoms with Crippen molar-refractivity contribution in [2.75, 3.05) is 20.2 Å². The van der Waals surface area contributed by atoms with Crippen LogP contribution in [0, 0.1) is 0 Å². The molecule has 0 saturated heterocycles. The van der Waals surface area contributed by atoms with Crippen LogP contribution in [0.4, 0.5) is 0 Å². The van der Waals surface area contributed by atoms with Crippen LogP contribution >= 0.6 is 0 Å². The number of aromatic nitrogens is 1. The molecule has 0 aromatic carbocycles. The molecule has 0 aliphatic carbocycles. The van der Waals surface area contributed by atoms with E-state index in [-0.39, 0.29) is 0 Å². The van der Waals surface area contributed by atoms with Crippen LogP contribution in [0.1, 0.15) is 12.5 Å². The monoisotopic (exact) mass is 220 g/mol. The summed E-state index contributed by atoms with van der Waals surface area (Å²) >= 11 is 0. The number of hydrogen-bond donors (Lipinski definition) is 1. The van der Waals surface area contributed by atoms with Gasteiger partial charge >= 0.3 is 0 Å². The summed E-state index contributed by atoms with van der Waals surface area (Å²) in [6.45, 7) is 4.04. The normalized spacial score (nSPS) is 10.9. The SMILES string of the molecule is CCNCCc1coc2nc(OC)ccc12. The van der Waals surface area contributed by atoms with E-state index in [4.69, 9.17) is 9.15 Å². The summed E-state index contributed by atoms with van der Waals surface area (Å²) in [5, 5.41) is 4.36. The van der Waals surface area contributed by atoms with Crippen molar-refractivity contribution in [2.45, 2.75) is 13.3 Å². The van der Waals surface area contributed by atoms with Crippen molar-refractivity contribution in [1.29, 1.82) is 0 Å². The van der Waals surface area contributed by atoms with E-state index >= 15 is 0 Å². The predicted octanol–water partition coefficient (Wildman–Crippen LogP) is 1.99. The summed E-state index contributed by atoms with van der Waals surface area (Å²) in [6.07, 6.45) is 2.73. The molecule has 0 amide bonds. The van der Waals surface area contributed by atoms with Gasteiger partial charge in [0.15, 0.2) is 0 Å². The van der Waals surface area contributed by atoms with Crippen LogP contribution in [0.3, 0.4) is 0 Å². The van der Waals surface area contributed by atoms with Gasteiger partial charge in [-0.3, -0.25) is 0 Å². The maximum atomic E-state index is 5.40. The molecule has 2 heterocycles. The minimum atomic E-state index is 0.583. The average molecular weight is 220 g/mol. The Hall–Kier alpha value is -1.55. The molecule has 0 radical (unpaired) electrons. The van der Waals surface area contributed by atoms with Crippen molar-refractivity contribution in [3.63, 3.8) is 0 Å². The molecule has 16 heavy (non-hydrogen) atoms. The first kappa shape index (κ1) is 11.0. The number of nitrogens with zero attached hydrogens (tertiary/aromatic N) is 1. The summed E-state index contributed by atoms with van der Waals surface area (Å²) in [5.41, 5.74) is 1.83. The second-order valence-corrected chi connectivity index (χ2v) is 3.57. The highest BCUT2D eigenvalue weighted by Crippen LogP contribution is 2.22. The average Bonchev–Trinajstić information content (AvgIpc) is 2.72. The summed E-state index contributed by atoms with van der Waals surface area (Å²) < 4.78 is 10.4. The van der Waals surface area contributed by atoms with E-state index < -0.39 is 0 Å². The number of likely N-dealkylation sites (N-methyl/N-ethyl adjacent to an activating group) is 1. The van der Waals surface area contributed by atoms with Gasteiger partial charge in [-0.2, -0.15) is 4.98 Å². The molecule has 0 aliphatic heterocycles. The number of fused-ring (bicyclic) bond motifs is 1. The number of furan rings is 1. The Labute approximate surface area is 94.6 Å².